The van der Waals surface area contributed by atoms with Crippen LogP contribution in [0.3, 0.4) is 0 Å². The van der Waals surface area contributed by atoms with Crippen LogP contribution in [0.15, 0.2) is 60.7 Å². The molecule has 0 aliphatic carbocycles. The maximum absolute atomic E-state index is 4.73. The van der Waals surface area contributed by atoms with Crippen molar-refractivity contribution in [3.8, 4) is 0 Å². The van der Waals surface area contributed by atoms with Crippen molar-refractivity contribution in [2.75, 3.05) is 10.6 Å². The largest absolute Gasteiger partial charge is 0.365 e. The van der Waals surface area contributed by atoms with Crippen LogP contribution in [-0.4, -0.2) is 16.1 Å². The standard InChI is InChI=1S/C32H42N4/c1-4-5-6-7-8-9-10-11-12-21-32(35-30-22-24(2)33-28-19-15-13-17-26(28)30)36-31-23-25(3)34-29-20-16-14-18-27(29)31/h13-20,22-23,32H,4-12,21H2,1-3H3,(H,33,35)(H,34,36). The van der Waals surface area contributed by atoms with Gasteiger partial charge in [0.15, 0.2) is 0 Å². The average molecular weight is 483 g/mol. The fraction of sp³-hybridized carbons (Fsp3) is 0.438. The highest BCUT2D eigenvalue weighted by molar-refractivity contribution is 5.93. The van der Waals surface area contributed by atoms with E-state index in [9.17, 15) is 0 Å². The molecule has 0 aliphatic heterocycles. The van der Waals surface area contributed by atoms with Gasteiger partial charge in [-0.2, -0.15) is 0 Å². The molecule has 0 unspecified atom stereocenters. The molecule has 0 atom stereocenters. The molecule has 0 fully saturated rings. The summed E-state index contributed by atoms with van der Waals surface area (Å²) < 4.78 is 0. The Labute approximate surface area is 217 Å². The number of para-hydroxylation sites is 2. The minimum absolute atomic E-state index is 0.116. The molecule has 0 spiro atoms. The molecule has 190 valence electrons. The van der Waals surface area contributed by atoms with Crippen LogP contribution in [0.25, 0.3) is 21.8 Å². The lowest BCUT2D eigenvalue weighted by molar-refractivity contribution is 0.547. The van der Waals surface area contributed by atoms with Gasteiger partial charge < -0.3 is 10.6 Å². The van der Waals surface area contributed by atoms with Crippen molar-refractivity contribution in [3.05, 3.63) is 72.1 Å². The second-order valence-corrected chi connectivity index (χ2v) is 10.1. The first-order chi connectivity index (χ1) is 17.6. The van der Waals surface area contributed by atoms with Crippen LogP contribution in [0.4, 0.5) is 11.4 Å². The topological polar surface area (TPSA) is 49.8 Å². The van der Waals surface area contributed by atoms with E-state index < -0.39 is 0 Å². The molecule has 36 heavy (non-hydrogen) atoms. The summed E-state index contributed by atoms with van der Waals surface area (Å²) in [7, 11) is 0. The number of aryl methyl sites for hydroxylation is 2. The summed E-state index contributed by atoms with van der Waals surface area (Å²) in [5.41, 5.74) is 6.41. The SMILES string of the molecule is CCCCCCCCCCCC(Nc1cc(C)nc2ccccc12)Nc1cc(C)nc2ccccc12. The summed E-state index contributed by atoms with van der Waals surface area (Å²) in [6, 6.07) is 21.1. The van der Waals surface area contributed by atoms with E-state index in [1.54, 1.807) is 0 Å². The molecule has 4 heteroatoms. The van der Waals surface area contributed by atoms with Crippen molar-refractivity contribution in [2.45, 2.75) is 91.1 Å². The number of nitrogens with one attached hydrogen (secondary N) is 2. The first-order valence-corrected chi connectivity index (χ1v) is 13.9. The Bertz CT molecular complexity index is 1160. The molecular weight excluding hydrogens is 440 g/mol. The number of aromatic nitrogens is 2. The van der Waals surface area contributed by atoms with E-state index >= 15 is 0 Å². The summed E-state index contributed by atoms with van der Waals surface area (Å²) >= 11 is 0. The van der Waals surface area contributed by atoms with E-state index in [-0.39, 0.29) is 6.17 Å². The number of nitrogens with zero attached hydrogens (tertiary/aromatic N) is 2. The van der Waals surface area contributed by atoms with Crippen molar-refractivity contribution in [1.82, 2.24) is 9.97 Å². The summed E-state index contributed by atoms with van der Waals surface area (Å²) in [6.45, 7) is 6.42. The smallest absolute Gasteiger partial charge is 0.0963 e. The maximum atomic E-state index is 4.73. The Hall–Kier alpha value is -3.14. The van der Waals surface area contributed by atoms with Gasteiger partial charge in [-0.15, -0.1) is 0 Å². The fourth-order valence-electron chi connectivity index (χ4n) is 5.07. The molecule has 0 saturated carbocycles. The van der Waals surface area contributed by atoms with Gasteiger partial charge in [0.25, 0.3) is 0 Å². The van der Waals surface area contributed by atoms with Crippen LogP contribution >= 0.6 is 0 Å². The Balaban J connectivity index is 1.48. The third-order valence-electron chi connectivity index (χ3n) is 6.94. The molecule has 0 aliphatic rings. The van der Waals surface area contributed by atoms with Gasteiger partial charge in [-0.1, -0.05) is 94.7 Å². The number of benzene rings is 2. The van der Waals surface area contributed by atoms with Crippen LogP contribution in [0.5, 0.6) is 0 Å². The van der Waals surface area contributed by atoms with E-state index in [2.05, 4.69) is 92.1 Å². The predicted molar refractivity (Wildman–Crippen MR) is 156 cm³/mol. The zero-order valence-corrected chi connectivity index (χ0v) is 22.3. The van der Waals surface area contributed by atoms with Gasteiger partial charge in [0.2, 0.25) is 0 Å². The first kappa shape index (κ1) is 25.9. The van der Waals surface area contributed by atoms with Gasteiger partial charge in [0.1, 0.15) is 0 Å². The van der Waals surface area contributed by atoms with Crippen LogP contribution in [0.1, 0.15) is 82.5 Å². The molecule has 2 aromatic heterocycles. The first-order valence-electron chi connectivity index (χ1n) is 13.9. The number of hydrogen-bond donors (Lipinski definition) is 2. The van der Waals surface area contributed by atoms with Gasteiger partial charge in [-0.05, 0) is 51.0 Å². The molecule has 2 aromatic carbocycles. The zero-order valence-electron chi connectivity index (χ0n) is 22.3. The second-order valence-electron chi connectivity index (χ2n) is 10.1. The molecule has 4 nitrogen and oxygen atoms in total. The van der Waals surface area contributed by atoms with E-state index in [1.807, 2.05) is 0 Å². The van der Waals surface area contributed by atoms with E-state index in [1.165, 1.54) is 57.8 Å². The highest BCUT2D eigenvalue weighted by Crippen LogP contribution is 2.28. The van der Waals surface area contributed by atoms with Crippen molar-refractivity contribution >= 4 is 33.2 Å². The highest BCUT2D eigenvalue weighted by Gasteiger charge is 2.14. The molecule has 0 amide bonds. The van der Waals surface area contributed by atoms with Crippen molar-refractivity contribution in [2.24, 2.45) is 0 Å². The molecule has 0 saturated heterocycles. The molecule has 0 bridgehead atoms. The monoisotopic (exact) mass is 482 g/mol. The molecule has 4 rings (SSSR count). The van der Waals surface area contributed by atoms with Crippen LogP contribution in [-0.2, 0) is 0 Å². The highest BCUT2D eigenvalue weighted by atomic mass is 15.1. The number of rotatable bonds is 14. The summed E-state index contributed by atoms with van der Waals surface area (Å²) in [4.78, 5) is 9.47. The fourth-order valence-corrected chi connectivity index (χ4v) is 5.07. The van der Waals surface area contributed by atoms with Crippen LogP contribution in [0, 0.1) is 13.8 Å². The number of fused-ring (bicyclic) bond motifs is 2. The van der Waals surface area contributed by atoms with Gasteiger partial charge in [-0.25, -0.2) is 0 Å². The van der Waals surface area contributed by atoms with E-state index in [0.717, 1.165) is 51.0 Å². The zero-order chi connectivity index (χ0) is 25.2. The third kappa shape index (κ3) is 7.19. The number of hydrogen-bond acceptors (Lipinski definition) is 4. The predicted octanol–water partition coefficient (Wildman–Crippen LogP) is 9.17. The number of unbranched alkanes of at least 4 members (excludes halogenated alkanes) is 8. The molecular formula is C32H42N4. The third-order valence-corrected chi connectivity index (χ3v) is 6.94. The van der Waals surface area contributed by atoms with Crippen molar-refractivity contribution in [3.63, 3.8) is 0 Å². The molecule has 4 aromatic rings. The normalized spacial score (nSPS) is 11.4. The van der Waals surface area contributed by atoms with Gasteiger partial charge >= 0.3 is 0 Å². The average Bonchev–Trinajstić information content (AvgIpc) is 2.87. The van der Waals surface area contributed by atoms with E-state index in [4.69, 9.17) is 9.97 Å². The second kappa shape index (κ2) is 13.2. The van der Waals surface area contributed by atoms with Crippen LogP contribution < -0.4 is 10.6 Å². The summed E-state index contributed by atoms with van der Waals surface area (Å²) in [5, 5.41) is 10.0. The van der Waals surface area contributed by atoms with E-state index in [0.29, 0.717) is 0 Å². The Morgan fingerprint density at radius 2 is 1.06 bits per heavy atom. The van der Waals surface area contributed by atoms with Gasteiger partial charge in [0, 0.05) is 33.5 Å². The van der Waals surface area contributed by atoms with Gasteiger partial charge in [0.05, 0.1) is 17.2 Å². The van der Waals surface area contributed by atoms with Crippen molar-refractivity contribution in [1.29, 1.82) is 0 Å². The number of anilines is 2. The lowest BCUT2D eigenvalue weighted by Gasteiger charge is -2.25. The molecule has 2 heterocycles. The summed E-state index contributed by atoms with van der Waals surface area (Å²) in [5.74, 6) is 0. The Kier molecular flexibility index (Phi) is 9.54. The summed E-state index contributed by atoms with van der Waals surface area (Å²) in [6.07, 6.45) is 13.2. The maximum Gasteiger partial charge on any atom is 0.0963 e. The number of pyridine rings is 2. The lowest BCUT2D eigenvalue weighted by Crippen LogP contribution is -2.29. The Morgan fingerprint density at radius 1 is 0.611 bits per heavy atom. The Morgan fingerprint density at radius 3 is 1.56 bits per heavy atom. The lowest BCUT2D eigenvalue weighted by atomic mass is 10.1. The minimum atomic E-state index is 0.116. The minimum Gasteiger partial charge on any atom is -0.365 e. The molecule has 0 radical (unpaired) electrons. The van der Waals surface area contributed by atoms with Crippen LogP contribution in [0.2, 0.25) is 0 Å². The molecule has 2 N–H and O–H groups in total. The van der Waals surface area contributed by atoms with Gasteiger partial charge in [-0.3, -0.25) is 9.97 Å². The quantitative estimate of drug-likeness (QED) is 0.139. The van der Waals surface area contributed by atoms with Crippen molar-refractivity contribution < 1.29 is 0 Å².